The zero-order chi connectivity index (χ0) is 16.5. The van der Waals surface area contributed by atoms with Crippen LogP contribution in [0.4, 0.5) is 0 Å². The number of amides is 1. The molecule has 1 unspecified atom stereocenters. The molecule has 0 bridgehead atoms. The van der Waals surface area contributed by atoms with Gasteiger partial charge < -0.3 is 14.8 Å². The second kappa shape index (κ2) is 9.43. The van der Waals surface area contributed by atoms with Crippen molar-refractivity contribution in [3.63, 3.8) is 0 Å². The van der Waals surface area contributed by atoms with Crippen LogP contribution in [0.1, 0.15) is 63.4 Å². The van der Waals surface area contributed by atoms with E-state index in [0.717, 1.165) is 30.9 Å². The van der Waals surface area contributed by atoms with E-state index in [9.17, 15) is 4.79 Å². The molecule has 1 aromatic rings. The summed E-state index contributed by atoms with van der Waals surface area (Å²) in [5.41, 5.74) is 1.21. The molecule has 1 fully saturated rings. The summed E-state index contributed by atoms with van der Waals surface area (Å²) in [6.45, 7) is 3.66. The fraction of sp³-hybridized carbons (Fsp3) is 0.632. The van der Waals surface area contributed by atoms with Crippen LogP contribution in [-0.2, 0) is 4.79 Å². The minimum Gasteiger partial charge on any atom is -0.493 e. The van der Waals surface area contributed by atoms with Gasteiger partial charge in [0.25, 0.3) is 0 Å². The number of hydrogen-bond acceptors (Lipinski definition) is 3. The third-order valence-electron chi connectivity index (χ3n) is 4.43. The van der Waals surface area contributed by atoms with Crippen LogP contribution in [0.2, 0.25) is 0 Å². The van der Waals surface area contributed by atoms with Crippen molar-refractivity contribution in [3.8, 4) is 11.5 Å². The van der Waals surface area contributed by atoms with Crippen molar-refractivity contribution in [3.05, 3.63) is 23.8 Å². The first-order valence-corrected chi connectivity index (χ1v) is 8.82. The molecule has 0 aliphatic carbocycles. The average Bonchev–Trinajstić information content (AvgIpc) is 2.58. The number of unbranched alkanes of at least 4 members (excludes halogenated alkanes) is 4. The van der Waals surface area contributed by atoms with E-state index in [0.29, 0.717) is 18.9 Å². The minimum absolute atomic E-state index is 0.151. The average molecular weight is 319 g/mol. The highest BCUT2D eigenvalue weighted by atomic mass is 16.5. The Morgan fingerprint density at radius 2 is 2.00 bits per heavy atom. The smallest absolute Gasteiger partial charge is 0.220 e. The van der Waals surface area contributed by atoms with Gasteiger partial charge >= 0.3 is 0 Å². The van der Waals surface area contributed by atoms with Crippen molar-refractivity contribution in [1.29, 1.82) is 0 Å². The number of hydrogen-bond donors (Lipinski definition) is 1. The van der Waals surface area contributed by atoms with Gasteiger partial charge in [-0.15, -0.1) is 0 Å². The number of ether oxygens (including phenoxy) is 2. The maximum atomic E-state index is 11.3. The Hall–Kier alpha value is -1.71. The minimum atomic E-state index is 0.151. The standard InChI is InChI=1S/C19H29NO3/c1-3-4-5-6-7-12-23-18-13-15(8-10-17(18)22-2)16-9-11-19(21)20-14-16/h8,10,13,16H,3-7,9,11-12,14H2,1-2H3,(H,20,21). The molecule has 4 nitrogen and oxygen atoms in total. The molecule has 1 heterocycles. The van der Waals surface area contributed by atoms with Gasteiger partial charge in [-0.3, -0.25) is 4.79 Å². The Morgan fingerprint density at radius 3 is 2.70 bits per heavy atom. The fourth-order valence-corrected chi connectivity index (χ4v) is 2.97. The van der Waals surface area contributed by atoms with Crippen LogP contribution in [0.15, 0.2) is 18.2 Å². The van der Waals surface area contributed by atoms with E-state index in [4.69, 9.17) is 9.47 Å². The molecule has 1 N–H and O–H groups in total. The van der Waals surface area contributed by atoms with Gasteiger partial charge in [-0.1, -0.05) is 38.7 Å². The molecule has 0 spiro atoms. The highest BCUT2D eigenvalue weighted by Gasteiger charge is 2.20. The summed E-state index contributed by atoms with van der Waals surface area (Å²) in [5, 5.41) is 2.94. The van der Waals surface area contributed by atoms with Gasteiger partial charge in [0.05, 0.1) is 13.7 Å². The first-order valence-electron chi connectivity index (χ1n) is 8.82. The van der Waals surface area contributed by atoms with E-state index >= 15 is 0 Å². The highest BCUT2D eigenvalue weighted by molar-refractivity contribution is 5.76. The van der Waals surface area contributed by atoms with Crippen molar-refractivity contribution >= 4 is 5.91 Å². The molecule has 1 aromatic carbocycles. The molecular weight excluding hydrogens is 290 g/mol. The van der Waals surface area contributed by atoms with Gasteiger partial charge in [0.1, 0.15) is 0 Å². The van der Waals surface area contributed by atoms with E-state index in [2.05, 4.69) is 24.4 Å². The summed E-state index contributed by atoms with van der Waals surface area (Å²) in [4.78, 5) is 11.3. The van der Waals surface area contributed by atoms with Crippen LogP contribution in [0.3, 0.4) is 0 Å². The number of carbonyl (C=O) groups excluding carboxylic acids is 1. The fourth-order valence-electron chi connectivity index (χ4n) is 2.97. The van der Waals surface area contributed by atoms with Gasteiger partial charge in [0, 0.05) is 18.9 Å². The SMILES string of the molecule is CCCCCCCOc1cc(C2CCC(=O)NC2)ccc1OC. The zero-order valence-corrected chi connectivity index (χ0v) is 14.4. The van der Waals surface area contributed by atoms with Gasteiger partial charge in [-0.05, 0) is 30.5 Å². The van der Waals surface area contributed by atoms with Crippen molar-refractivity contribution in [1.82, 2.24) is 5.32 Å². The molecule has 1 atom stereocenters. The summed E-state index contributed by atoms with van der Waals surface area (Å²) < 4.78 is 11.4. The monoisotopic (exact) mass is 319 g/mol. The van der Waals surface area contributed by atoms with Crippen LogP contribution >= 0.6 is 0 Å². The van der Waals surface area contributed by atoms with E-state index in [-0.39, 0.29) is 5.91 Å². The van der Waals surface area contributed by atoms with Gasteiger partial charge in [-0.25, -0.2) is 0 Å². The lowest BCUT2D eigenvalue weighted by molar-refractivity contribution is -0.122. The van der Waals surface area contributed by atoms with Crippen molar-refractivity contribution in [2.45, 2.75) is 57.8 Å². The lowest BCUT2D eigenvalue weighted by atomic mass is 9.91. The van der Waals surface area contributed by atoms with Crippen LogP contribution in [-0.4, -0.2) is 26.2 Å². The maximum Gasteiger partial charge on any atom is 0.220 e. The second-order valence-electron chi connectivity index (χ2n) is 6.21. The van der Waals surface area contributed by atoms with Crippen LogP contribution in [0, 0.1) is 0 Å². The molecule has 1 aliphatic rings. The summed E-state index contributed by atoms with van der Waals surface area (Å²) in [6.07, 6.45) is 7.62. The Kier molecular flexibility index (Phi) is 7.24. The molecule has 2 rings (SSSR count). The Bertz CT molecular complexity index is 491. The van der Waals surface area contributed by atoms with Crippen molar-refractivity contribution < 1.29 is 14.3 Å². The number of nitrogens with one attached hydrogen (secondary N) is 1. The first-order chi connectivity index (χ1) is 11.2. The molecule has 0 saturated carbocycles. The van der Waals surface area contributed by atoms with Gasteiger partial charge in [0.15, 0.2) is 11.5 Å². The Morgan fingerprint density at radius 1 is 1.17 bits per heavy atom. The number of carbonyl (C=O) groups is 1. The molecule has 1 amide bonds. The first kappa shape index (κ1) is 17.6. The summed E-state index contributed by atoms with van der Waals surface area (Å²) in [6, 6.07) is 6.13. The molecule has 1 saturated heterocycles. The lowest BCUT2D eigenvalue weighted by Gasteiger charge is -2.23. The third kappa shape index (κ3) is 5.45. The molecule has 4 heteroatoms. The topological polar surface area (TPSA) is 47.6 Å². The third-order valence-corrected chi connectivity index (χ3v) is 4.43. The van der Waals surface area contributed by atoms with E-state index in [1.165, 1.54) is 31.2 Å². The molecule has 0 radical (unpaired) electrons. The zero-order valence-electron chi connectivity index (χ0n) is 14.4. The summed E-state index contributed by atoms with van der Waals surface area (Å²) >= 11 is 0. The number of rotatable bonds is 9. The molecule has 128 valence electrons. The Labute approximate surface area is 139 Å². The van der Waals surface area contributed by atoms with E-state index in [1.54, 1.807) is 7.11 Å². The number of benzene rings is 1. The van der Waals surface area contributed by atoms with E-state index < -0.39 is 0 Å². The molecule has 0 aromatic heterocycles. The predicted octanol–water partition coefficient (Wildman–Crippen LogP) is 4.04. The number of methoxy groups -OCH3 is 1. The summed E-state index contributed by atoms with van der Waals surface area (Å²) in [5.74, 6) is 2.11. The highest BCUT2D eigenvalue weighted by Crippen LogP contribution is 2.33. The van der Waals surface area contributed by atoms with Crippen molar-refractivity contribution in [2.24, 2.45) is 0 Å². The van der Waals surface area contributed by atoms with Crippen LogP contribution in [0.25, 0.3) is 0 Å². The van der Waals surface area contributed by atoms with Crippen LogP contribution < -0.4 is 14.8 Å². The maximum absolute atomic E-state index is 11.3. The predicted molar refractivity (Wildman–Crippen MR) is 92.2 cm³/mol. The lowest BCUT2D eigenvalue weighted by Crippen LogP contribution is -2.33. The number of piperidine rings is 1. The van der Waals surface area contributed by atoms with Crippen molar-refractivity contribution in [2.75, 3.05) is 20.3 Å². The molecule has 1 aliphatic heterocycles. The summed E-state index contributed by atoms with van der Waals surface area (Å²) in [7, 11) is 1.67. The van der Waals surface area contributed by atoms with Crippen LogP contribution in [0.5, 0.6) is 11.5 Å². The normalized spacial score (nSPS) is 17.7. The quantitative estimate of drug-likeness (QED) is 0.699. The largest absolute Gasteiger partial charge is 0.493 e. The molecule has 23 heavy (non-hydrogen) atoms. The molecular formula is C19H29NO3. The Balaban J connectivity index is 1.91. The van der Waals surface area contributed by atoms with Gasteiger partial charge in [-0.2, -0.15) is 0 Å². The van der Waals surface area contributed by atoms with E-state index in [1.807, 2.05) is 6.07 Å². The second-order valence-corrected chi connectivity index (χ2v) is 6.21. The van der Waals surface area contributed by atoms with Gasteiger partial charge in [0.2, 0.25) is 5.91 Å².